The van der Waals surface area contributed by atoms with Gasteiger partial charge in [0.2, 0.25) is 0 Å². The van der Waals surface area contributed by atoms with Crippen molar-refractivity contribution >= 4 is 38.0 Å². The van der Waals surface area contributed by atoms with E-state index in [-0.39, 0.29) is 10.6 Å². The molecule has 8 heteroatoms. The average molecular weight is 305 g/mol. The molecule has 0 amide bonds. The Morgan fingerprint density at radius 2 is 2.22 bits per heavy atom. The number of hydrogen-bond donors (Lipinski definition) is 1. The van der Waals surface area contributed by atoms with E-state index in [0.29, 0.717) is 10.0 Å². The molecular formula is C10H9ClN2O3S2. The van der Waals surface area contributed by atoms with Crippen molar-refractivity contribution < 1.29 is 13.2 Å². The largest absolute Gasteiger partial charge is 0.495 e. The first-order valence-corrected chi connectivity index (χ1v) is 7.52. The van der Waals surface area contributed by atoms with E-state index in [0.717, 1.165) is 0 Å². The van der Waals surface area contributed by atoms with Gasteiger partial charge in [-0.2, -0.15) is 0 Å². The molecule has 2 aromatic rings. The third-order valence-electron chi connectivity index (χ3n) is 2.08. The molecule has 96 valence electrons. The smallest absolute Gasteiger partial charge is 0.266 e. The maximum atomic E-state index is 12.2. The molecule has 0 spiro atoms. The zero-order valence-corrected chi connectivity index (χ0v) is 11.6. The molecule has 0 aliphatic rings. The fraction of sp³-hybridized carbons (Fsp3) is 0.100. The molecule has 0 saturated heterocycles. The fourth-order valence-electron chi connectivity index (χ4n) is 1.31. The van der Waals surface area contributed by atoms with Crippen LogP contribution in [0.5, 0.6) is 5.75 Å². The number of nitrogens with zero attached hydrogens (tertiary/aromatic N) is 1. The maximum Gasteiger partial charge on any atom is 0.266 e. The number of sulfonamides is 1. The van der Waals surface area contributed by atoms with Gasteiger partial charge in [0.05, 0.1) is 18.8 Å². The summed E-state index contributed by atoms with van der Waals surface area (Å²) in [5.41, 5.74) is 1.53. The lowest BCUT2D eigenvalue weighted by Gasteiger charge is -2.10. The minimum atomic E-state index is -3.74. The summed E-state index contributed by atoms with van der Waals surface area (Å²) in [5, 5.41) is 0.748. The van der Waals surface area contributed by atoms with Gasteiger partial charge in [-0.3, -0.25) is 9.71 Å². The summed E-state index contributed by atoms with van der Waals surface area (Å²) in [5.74, 6) is 0.233. The van der Waals surface area contributed by atoms with Crippen molar-refractivity contribution in [3.8, 4) is 5.75 Å². The number of rotatable bonds is 4. The van der Waals surface area contributed by atoms with Crippen LogP contribution in [0.3, 0.4) is 0 Å². The molecule has 1 N–H and O–H groups in total. The zero-order chi connectivity index (χ0) is 13.2. The minimum Gasteiger partial charge on any atom is -0.495 e. The number of methoxy groups -OCH3 is 1. The van der Waals surface area contributed by atoms with Crippen molar-refractivity contribution in [1.82, 2.24) is 4.98 Å². The van der Waals surface area contributed by atoms with Gasteiger partial charge in [-0.1, -0.05) is 11.6 Å². The van der Waals surface area contributed by atoms with Crippen molar-refractivity contribution in [2.45, 2.75) is 4.90 Å². The van der Waals surface area contributed by atoms with Crippen LogP contribution in [-0.4, -0.2) is 20.5 Å². The molecule has 0 aliphatic heterocycles. The van der Waals surface area contributed by atoms with Crippen LogP contribution >= 0.6 is 22.9 Å². The Bertz CT molecular complexity index is 641. The topological polar surface area (TPSA) is 68.3 Å². The van der Waals surface area contributed by atoms with E-state index in [2.05, 4.69) is 9.71 Å². The highest BCUT2D eigenvalue weighted by Crippen LogP contribution is 2.29. The van der Waals surface area contributed by atoms with E-state index >= 15 is 0 Å². The Labute approximate surface area is 113 Å². The lowest BCUT2D eigenvalue weighted by atomic mass is 10.3. The second-order valence-corrected chi connectivity index (χ2v) is 6.24. The second kappa shape index (κ2) is 5.13. The normalized spacial score (nSPS) is 11.2. The van der Waals surface area contributed by atoms with Gasteiger partial charge < -0.3 is 4.74 Å². The standard InChI is InChI=1S/C10H9ClN2O3S2/c1-16-8-3-2-7(11)4-9(8)18(14,15)13-10-5-12-6-17-10/h2-6,13H,1H3. The van der Waals surface area contributed by atoms with Gasteiger partial charge in [-0.05, 0) is 18.2 Å². The zero-order valence-electron chi connectivity index (χ0n) is 9.25. The van der Waals surface area contributed by atoms with Crippen molar-refractivity contribution in [3.05, 3.63) is 34.9 Å². The summed E-state index contributed by atoms with van der Waals surface area (Å²) in [6.07, 6.45) is 1.43. The van der Waals surface area contributed by atoms with E-state index in [1.54, 1.807) is 6.07 Å². The van der Waals surface area contributed by atoms with Crippen molar-refractivity contribution in [3.63, 3.8) is 0 Å². The van der Waals surface area contributed by atoms with Gasteiger partial charge in [-0.25, -0.2) is 8.42 Å². The third-order valence-corrected chi connectivity index (χ3v) is 4.52. The van der Waals surface area contributed by atoms with E-state index in [4.69, 9.17) is 16.3 Å². The second-order valence-electron chi connectivity index (χ2n) is 3.27. The minimum absolute atomic E-state index is 0.00843. The molecule has 0 fully saturated rings. The maximum absolute atomic E-state index is 12.2. The Morgan fingerprint density at radius 1 is 1.44 bits per heavy atom. The number of halogens is 1. The van der Waals surface area contributed by atoms with Gasteiger partial charge in [0.25, 0.3) is 10.0 Å². The van der Waals surface area contributed by atoms with E-state index in [1.807, 2.05) is 0 Å². The molecule has 5 nitrogen and oxygen atoms in total. The molecule has 1 aromatic heterocycles. The molecule has 0 bridgehead atoms. The van der Waals surface area contributed by atoms with Crippen LogP contribution in [0.1, 0.15) is 0 Å². The first-order valence-electron chi connectivity index (χ1n) is 4.78. The van der Waals surface area contributed by atoms with E-state index in [9.17, 15) is 8.42 Å². The first kappa shape index (κ1) is 13.1. The third kappa shape index (κ3) is 2.74. The Kier molecular flexibility index (Phi) is 3.74. The molecule has 0 saturated carbocycles. The molecule has 1 aromatic carbocycles. The predicted octanol–water partition coefficient (Wildman–Crippen LogP) is 2.61. The molecule has 2 rings (SSSR count). The highest BCUT2D eigenvalue weighted by atomic mass is 35.5. The fourth-order valence-corrected chi connectivity index (χ4v) is 3.56. The highest BCUT2D eigenvalue weighted by Gasteiger charge is 2.20. The molecular weight excluding hydrogens is 296 g/mol. The molecule has 0 atom stereocenters. The van der Waals surface area contributed by atoms with Crippen LogP contribution in [0.25, 0.3) is 0 Å². The molecule has 18 heavy (non-hydrogen) atoms. The Morgan fingerprint density at radius 3 is 2.83 bits per heavy atom. The number of ether oxygens (including phenoxy) is 1. The van der Waals surface area contributed by atoms with Gasteiger partial charge in [0.15, 0.2) is 0 Å². The summed E-state index contributed by atoms with van der Waals surface area (Å²) in [6, 6.07) is 4.40. The summed E-state index contributed by atoms with van der Waals surface area (Å²) < 4.78 is 31.7. The van der Waals surface area contributed by atoms with Crippen LogP contribution in [0.2, 0.25) is 5.02 Å². The molecule has 0 radical (unpaired) electrons. The lowest BCUT2D eigenvalue weighted by molar-refractivity contribution is 0.403. The van der Waals surface area contributed by atoms with Gasteiger partial charge in [0.1, 0.15) is 15.6 Å². The quantitative estimate of drug-likeness (QED) is 0.942. The van der Waals surface area contributed by atoms with E-state index in [1.165, 1.54) is 42.3 Å². The van der Waals surface area contributed by atoms with Crippen LogP contribution in [0.4, 0.5) is 5.00 Å². The molecule has 1 heterocycles. The summed E-state index contributed by atoms with van der Waals surface area (Å²) in [6.45, 7) is 0. The van der Waals surface area contributed by atoms with Gasteiger partial charge in [-0.15, -0.1) is 11.3 Å². The lowest BCUT2D eigenvalue weighted by Crippen LogP contribution is -2.13. The Hall–Kier alpha value is -1.31. The Balaban J connectivity index is 2.43. The van der Waals surface area contributed by atoms with Crippen LogP contribution < -0.4 is 9.46 Å². The molecule has 0 unspecified atom stereocenters. The van der Waals surface area contributed by atoms with Gasteiger partial charge in [0, 0.05) is 5.02 Å². The summed E-state index contributed by atoms with van der Waals surface area (Å²) in [7, 11) is -2.34. The summed E-state index contributed by atoms with van der Waals surface area (Å²) >= 11 is 6.99. The summed E-state index contributed by atoms with van der Waals surface area (Å²) in [4.78, 5) is 3.79. The number of nitrogens with one attached hydrogen (secondary N) is 1. The first-order chi connectivity index (χ1) is 8.53. The van der Waals surface area contributed by atoms with Crippen molar-refractivity contribution in [1.29, 1.82) is 0 Å². The van der Waals surface area contributed by atoms with Crippen molar-refractivity contribution in [2.24, 2.45) is 0 Å². The number of hydrogen-bond acceptors (Lipinski definition) is 5. The number of anilines is 1. The number of benzene rings is 1. The monoisotopic (exact) mass is 304 g/mol. The van der Waals surface area contributed by atoms with Gasteiger partial charge >= 0.3 is 0 Å². The SMILES string of the molecule is COc1ccc(Cl)cc1S(=O)(=O)Nc1cncs1. The van der Waals surface area contributed by atoms with Crippen LogP contribution in [0.15, 0.2) is 34.8 Å². The van der Waals surface area contributed by atoms with Crippen LogP contribution in [-0.2, 0) is 10.0 Å². The van der Waals surface area contributed by atoms with Crippen molar-refractivity contribution in [2.75, 3.05) is 11.8 Å². The number of thiazole rings is 1. The average Bonchev–Trinajstić information content (AvgIpc) is 2.81. The highest BCUT2D eigenvalue weighted by molar-refractivity contribution is 7.93. The predicted molar refractivity (Wildman–Crippen MR) is 70.9 cm³/mol. The molecule has 0 aliphatic carbocycles. The number of aromatic nitrogens is 1. The van der Waals surface area contributed by atoms with Crippen LogP contribution in [0, 0.1) is 0 Å². The van der Waals surface area contributed by atoms with E-state index < -0.39 is 10.0 Å².